The van der Waals surface area contributed by atoms with Crippen molar-refractivity contribution in [1.29, 1.82) is 0 Å². The van der Waals surface area contributed by atoms with Crippen LogP contribution in [0.4, 0.5) is 20.2 Å². The molecule has 8 heteroatoms. The van der Waals surface area contributed by atoms with E-state index in [2.05, 4.69) is 5.32 Å². The predicted octanol–water partition coefficient (Wildman–Crippen LogP) is 3.45. The number of amides is 2. The number of nitrogens with one attached hydrogen (secondary N) is 1. The van der Waals surface area contributed by atoms with Crippen LogP contribution in [0.1, 0.15) is 25.8 Å². The van der Waals surface area contributed by atoms with Gasteiger partial charge in [-0.1, -0.05) is 19.1 Å². The van der Waals surface area contributed by atoms with Crippen LogP contribution in [0.15, 0.2) is 42.5 Å². The maximum Gasteiger partial charge on any atom is 0.312 e. The smallest absolute Gasteiger partial charge is 0.312 e. The third-order valence-electron chi connectivity index (χ3n) is 4.97. The fraction of sp³-hybridized carbons (Fsp3) is 0.318. The minimum Gasteiger partial charge on any atom is -0.452 e. The van der Waals surface area contributed by atoms with E-state index in [4.69, 9.17) is 4.74 Å². The molecule has 158 valence electrons. The summed E-state index contributed by atoms with van der Waals surface area (Å²) in [6, 6.07) is 10.2. The Morgan fingerprint density at radius 3 is 2.53 bits per heavy atom. The molecule has 6 nitrogen and oxygen atoms in total. The number of halogens is 2. The number of nitrogens with zero attached hydrogens (tertiary/aromatic N) is 1. The molecule has 1 heterocycles. The Morgan fingerprint density at radius 1 is 1.20 bits per heavy atom. The normalized spacial score (nSPS) is 17.0. The first kappa shape index (κ1) is 21.4. The minimum absolute atomic E-state index is 0.0186. The summed E-state index contributed by atoms with van der Waals surface area (Å²) in [5.41, 5.74) is 1.62. The molecular formula is C22H22F2N2O4. The van der Waals surface area contributed by atoms with Gasteiger partial charge in [0.1, 0.15) is 11.6 Å². The van der Waals surface area contributed by atoms with Gasteiger partial charge in [0, 0.05) is 24.7 Å². The van der Waals surface area contributed by atoms with Crippen molar-refractivity contribution in [2.24, 2.45) is 5.92 Å². The largest absolute Gasteiger partial charge is 0.452 e. The minimum atomic E-state index is -1.21. The number of aryl methyl sites for hydroxylation is 1. The van der Waals surface area contributed by atoms with Crippen molar-refractivity contribution in [2.75, 3.05) is 16.8 Å². The Morgan fingerprint density at radius 2 is 1.90 bits per heavy atom. The van der Waals surface area contributed by atoms with Crippen molar-refractivity contribution in [3.05, 3.63) is 59.7 Å². The van der Waals surface area contributed by atoms with E-state index >= 15 is 0 Å². The molecule has 2 unspecified atom stereocenters. The lowest BCUT2D eigenvalue weighted by molar-refractivity contribution is -0.157. The van der Waals surface area contributed by atoms with Gasteiger partial charge in [0.25, 0.3) is 5.91 Å². The molecule has 1 aliphatic rings. The van der Waals surface area contributed by atoms with Gasteiger partial charge < -0.3 is 15.0 Å². The molecule has 1 N–H and O–H groups in total. The molecule has 0 aromatic heterocycles. The van der Waals surface area contributed by atoms with E-state index in [1.54, 1.807) is 0 Å². The Labute approximate surface area is 172 Å². The van der Waals surface area contributed by atoms with Crippen LogP contribution in [0.3, 0.4) is 0 Å². The highest BCUT2D eigenvalue weighted by Crippen LogP contribution is 2.26. The summed E-state index contributed by atoms with van der Waals surface area (Å²) in [6.45, 7) is 3.53. The van der Waals surface area contributed by atoms with Crippen LogP contribution in [0.2, 0.25) is 0 Å². The zero-order chi connectivity index (χ0) is 21.8. The molecule has 30 heavy (non-hydrogen) atoms. The molecule has 0 saturated carbocycles. The van der Waals surface area contributed by atoms with Crippen molar-refractivity contribution in [3.63, 3.8) is 0 Å². The SMILES string of the molecule is CCc1ccc(N2CC(C(=O)OC(C)C(=O)Nc3ccc(F)cc3F)CC2=O)cc1. The van der Waals surface area contributed by atoms with Gasteiger partial charge in [-0.2, -0.15) is 0 Å². The van der Waals surface area contributed by atoms with E-state index in [9.17, 15) is 23.2 Å². The molecule has 1 fully saturated rings. The van der Waals surface area contributed by atoms with Crippen LogP contribution in [0.5, 0.6) is 0 Å². The number of hydrogen-bond acceptors (Lipinski definition) is 4. The fourth-order valence-electron chi connectivity index (χ4n) is 3.18. The molecule has 0 bridgehead atoms. The third-order valence-corrected chi connectivity index (χ3v) is 4.97. The second-order valence-corrected chi connectivity index (χ2v) is 7.12. The van der Waals surface area contributed by atoms with Gasteiger partial charge >= 0.3 is 5.97 Å². The molecule has 2 amide bonds. The van der Waals surface area contributed by atoms with E-state index in [-0.39, 0.29) is 24.6 Å². The average Bonchev–Trinajstić information content (AvgIpc) is 3.11. The molecule has 3 rings (SSSR count). The molecule has 1 saturated heterocycles. The molecule has 1 aliphatic heterocycles. The summed E-state index contributed by atoms with van der Waals surface area (Å²) in [4.78, 5) is 38.5. The average molecular weight is 416 g/mol. The second-order valence-electron chi connectivity index (χ2n) is 7.12. The van der Waals surface area contributed by atoms with E-state index in [0.29, 0.717) is 11.8 Å². The fourth-order valence-corrected chi connectivity index (χ4v) is 3.18. The highest BCUT2D eigenvalue weighted by atomic mass is 19.1. The molecule has 0 aliphatic carbocycles. The topological polar surface area (TPSA) is 75.7 Å². The van der Waals surface area contributed by atoms with Crippen molar-refractivity contribution in [1.82, 2.24) is 0 Å². The lowest BCUT2D eigenvalue weighted by Crippen LogP contribution is -2.33. The first-order valence-corrected chi connectivity index (χ1v) is 9.64. The van der Waals surface area contributed by atoms with E-state index in [1.165, 1.54) is 11.8 Å². The van der Waals surface area contributed by atoms with Gasteiger partial charge in [-0.05, 0) is 43.2 Å². The van der Waals surface area contributed by atoms with Crippen LogP contribution in [-0.2, 0) is 25.5 Å². The van der Waals surface area contributed by atoms with Crippen LogP contribution in [0, 0.1) is 17.6 Å². The molecule has 0 spiro atoms. The maximum absolute atomic E-state index is 13.7. The van der Waals surface area contributed by atoms with Crippen molar-refractivity contribution >= 4 is 29.2 Å². The van der Waals surface area contributed by atoms with Gasteiger partial charge in [-0.25, -0.2) is 8.78 Å². The zero-order valence-electron chi connectivity index (χ0n) is 16.7. The number of ether oxygens (including phenoxy) is 1. The van der Waals surface area contributed by atoms with E-state index < -0.39 is 35.5 Å². The number of carbonyl (C=O) groups excluding carboxylic acids is 3. The molecule has 2 aromatic carbocycles. The summed E-state index contributed by atoms with van der Waals surface area (Å²) in [6.07, 6.45) is -0.352. The Bertz CT molecular complexity index is 962. The first-order chi connectivity index (χ1) is 14.3. The molecule has 2 atom stereocenters. The lowest BCUT2D eigenvalue weighted by Gasteiger charge is -2.18. The van der Waals surface area contributed by atoms with Crippen LogP contribution in [-0.4, -0.2) is 30.4 Å². The number of benzene rings is 2. The van der Waals surface area contributed by atoms with E-state index in [1.807, 2.05) is 31.2 Å². The predicted molar refractivity (Wildman–Crippen MR) is 107 cm³/mol. The summed E-state index contributed by atoms with van der Waals surface area (Å²) in [7, 11) is 0. The Hall–Kier alpha value is -3.29. The summed E-state index contributed by atoms with van der Waals surface area (Å²) in [5, 5.41) is 2.25. The molecule has 0 radical (unpaired) electrons. The van der Waals surface area contributed by atoms with Gasteiger partial charge in [0.05, 0.1) is 11.6 Å². The van der Waals surface area contributed by atoms with Gasteiger partial charge in [0.2, 0.25) is 5.91 Å². The van der Waals surface area contributed by atoms with Crippen LogP contribution >= 0.6 is 0 Å². The third kappa shape index (κ3) is 4.82. The van der Waals surface area contributed by atoms with E-state index in [0.717, 1.165) is 24.1 Å². The van der Waals surface area contributed by atoms with Gasteiger partial charge in [0.15, 0.2) is 6.10 Å². The number of hydrogen-bond donors (Lipinski definition) is 1. The summed E-state index contributed by atoms with van der Waals surface area (Å²) >= 11 is 0. The number of esters is 1. The standard InChI is InChI=1S/C22H22F2N2O4/c1-3-14-4-7-17(8-5-14)26-12-15(10-20(26)27)22(29)30-13(2)21(28)25-19-9-6-16(23)11-18(19)24/h4-9,11,13,15H,3,10,12H2,1-2H3,(H,25,28). The highest BCUT2D eigenvalue weighted by molar-refractivity contribution is 6.00. The maximum atomic E-state index is 13.7. The molecule has 2 aromatic rings. The summed E-state index contributed by atoms with van der Waals surface area (Å²) in [5.74, 6) is -4.06. The number of anilines is 2. The van der Waals surface area contributed by atoms with Crippen molar-refractivity contribution < 1.29 is 27.9 Å². The zero-order valence-corrected chi connectivity index (χ0v) is 16.7. The van der Waals surface area contributed by atoms with Crippen molar-refractivity contribution in [3.8, 4) is 0 Å². The van der Waals surface area contributed by atoms with Crippen molar-refractivity contribution in [2.45, 2.75) is 32.8 Å². The lowest BCUT2D eigenvalue weighted by atomic mass is 10.1. The number of carbonyl (C=O) groups is 3. The quantitative estimate of drug-likeness (QED) is 0.732. The number of rotatable bonds is 6. The summed E-state index contributed by atoms with van der Waals surface area (Å²) < 4.78 is 31.8. The Balaban J connectivity index is 1.58. The molecular weight excluding hydrogens is 394 g/mol. The Kier molecular flexibility index (Phi) is 6.44. The first-order valence-electron chi connectivity index (χ1n) is 9.64. The van der Waals surface area contributed by atoms with Crippen LogP contribution < -0.4 is 10.2 Å². The highest BCUT2D eigenvalue weighted by Gasteiger charge is 2.37. The van der Waals surface area contributed by atoms with Gasteiger partial charge in [-0.15, -0.1) is 0 Å². The van der Waals surface area contributed by atoms with Gasteiger partial charge in [-0.3, -0.25) is 14.4 Å². The monoisotopic (exact) mass is 416 g/mol. The second kappa shape index (κ2) is 9.02. The van der Waals surface area contributed by atoms with Crippen LogP contribution in [0.25, 0.3) is 0 Å².